The second-order valence-corrected chi connectivity index (χ2v) is 3.63. The monoisotopic (exact) mass is 203 g/mol. The summed E-state index contributed by atoms with van der Waals surface area (Å²) in [6.45, 7) is 0.929. The van der Waals surface area contributed by atoms with Crippen LogP contribution in [0.1, 0.15) is 12.0 Å². The lowest BCUT2D eigenvalue weighted by atomic mass is 10.1. The van der Waals surface area contributed by atoms with Crippen LogP contribution in [0.4, 0.5) is 4.39 Å². The molecule has 0 spiro atoms. The Hall–Kier alpha value is -1.41. The highest BCUT2D eigenvalue weighted by molar-refractivity contribution is 5.49. The largest absolute Gasteiger partial charge is 0.307 e. The van der Waals surface area contributed by atoms with Crippen LogP contribution in [0.3, 0.4) is 0 Å². The summed E-state index contributed by atoms with van der Waals surface area (Å²) in [7, 11) is 0. The van der Waals surface area contributed by atoms with E-state index < -0.39 is 0 Å². The standard InChI is InChI=1S/C13H14FN/c14-12-7-4-11(5-8-12)6-9-13-3-1-2-10-15-13/h1-2,4-9,13,15H,3,10H2. The third kappa shape index (κ3) is 3.03. The van der Waals surface area contributed by atoms with Crippen LogP contribution in [-0.4, -0.2) is 12.6 Å². The van der Waals surface area contributed by atoms with Gasteiger partial charge in [0.1, 0.15) is 5.82 Å². The second kappa shape index (κ2) is 4.89. The van der Waals surface area contributed by atoms with Gasteiger partial charge in [0.2, 0.25) is 0 Å². The molecule has 2 heteroatoms. The molecule has 1 heterocycles. The van der Waals surface area contributed by atoms with Gasteiger partial charge in [-0.25, -0.2) is 4.39 Å². The van der Waals surface area contributed by atoms with E-state index >= 15 is 0 Å². The molecule has 0 radical (unpaired) electrons. The lowest BCUT2D eigenvalue weighted by Gasteiger charge is -2.15. The predicted molar refractivity (Wildman–Crippen MR) is 61.0 cm³/mol. The molecule has 0 saturated carbocycles. The first-order valence-corrected chi connectivity index (χ1v) is 5.17. The molecule has 1 aliphatic heterocycles. The van der Waals surface area contributed by atoms with Gasteiger partial charge in [0.05, 0.1) is 0 Å². The van der Waals surface area contributed by atoms with Gasteiger partial charge < -0.3 is 5.32 Å². The average Bonchev–Trinajstić information content (AvgIpc) is 2.30. The molecule has 0 bridgehead atoms. The van der Waals surface area contributed by atoms with Gasteiger partial charge in [-0.2, -0.15) is 0 Å². The minimum atomic E-state index is -0.189. The van der Waals surface area contributed by atoms with E-state index in [0.717, 1.165) is 18.5 Å². The molecule has 1 atom stereocenters. The van der Waals surface area contributed by atoms with Gasteiger partial charge >= 0.3 is 0 Å². The summed E-state index contributed by atoms with van der Waals surface area (Å²) in [5.74, 6) is -0.189. The molecule has 0 fully saturated rings. The third-order valence-corrected chi connectivity index (χ3v) is 2.45. The molecule has 1 aliphatic rings. The molecular formula is C13H14FN. The predicted octanol–water partition coefficient (Wildman–Crippen LogP) is 2.76. The van der Waals surface area contributed by atoms with Crippen molar-refractivity contribution in [3.05, 3.63) is 53.9 Å². The Labute approximate surface area is 89.3 Å². The van der Waals surface area contributed by atoms with Crippen molar-refractivity contribution in [1.82, 2.24) is 5.32 Å². The summed E-state index contributed by atoms with van der Waals surface area (Å²) >= 11 is 0. The van der Waals surface area contributed by atoms with Crippen LogP contribution < -0.4 is 5.32 Å². The molecule has 0 amide bonds. The van der Waals surface area contributed by atoms with Crippen molar-refractivity contribution in [1.29, 1.82) is 0 Å². The normalized spacial score (nSPS) is 21.0. The Bertz CT molecular complexity index is 365. The van der Waals surface area contributed by atoms with E-state index in [9.17, 15) is 4.39 Å². The van der Waals surface area contributed by atoms with E-state index in [4.69, 9.17) is 0 Å². The lowest BCUT2D eigenvalue weighted by Crippen LogP contribution is -2.29. The number of hydrogen-bond donors (Lipinski definition) is 1. The maximum absolute atomic E-state index is 12.6. The Morgan fingerprint density at radius 3 is 2.67 bits per heavy atom. The molecule has 1 aromatic rings. The third-order valence-electron chi connectivity index (χ3n) is 2.45. The molecule has 1 nitrogen and oxygen atoms in total. The highest BCUT2D eigenvalue weighted by Crippen LogP contribution is 2.07. The smallest absolute Gasteiger partial charge is 0.123 e. The molecule has 1 aromatic carbocycles. The van der Waals surface area contributed by atoms with E-state index in [1.807, 2.05) is 6.08 Å². The first-order valence-electron chi connectivity index (χ1n) is 5.17. The van der Waals surface area contributed by atoms with Crippen molar-refractivity contribution in [3.8, 4) is 0 Å². The van der Waals surface area contributed by atoms with Gasteiger partial charge in [-0.15, -0.1) is 0 Å². The summed E-state index contributed by atoms with van der Waals surface area (Å²) in [5.41, 5.74) is 1.03. The first kappa shape index (κ1) is 10.1. The summed E-state index contributed by atoms with van der Waals surface area (Å²) in [4.78, 5) is 0. The molecule has 0 aliphatic carbocycles. The fraction of sp³-hybridized carbons (Fsp3) is 0.231. The van der Waals surface area contributed by atoms with E-state index in [-0.39, 0.29) is 5.82 Å². The molecule has 0 saturated heterocycles. The Kier molecular flexibility index (Phi) is 3.30. The van der Waals surface area contributed by atoms with Gasteiger partial charge in [0.25, 0.3) is 0 Å². The lowest BCUT2D eigenvalue weighted by molar-refractivity contribution is 0.621. The number of halogens is 1. The summed E-state index contributed by atoms with van der Waals surface area (Å²) in [5, 5.41) is 3.35. The van der Waals surface area contributed by atoms with E-state index in [2.05, 4.69) is 23.5 Å². The summed E-state index contributed by atoms with van der Waals surface area (Å²) in [6, 6.07) is 6.93. The first-order chi connectivity index (χ1) is 7.34. The van der Waals surface area contributed by atoms with Crippen LogP contribution in [0.15, 0.2) is 42.5 Å². The number of nitrogens with one attached hydrogen (secondary N) is 1. The van der Waals surface area contributed by atoms with Gasteiger partial charge in [0, 0.05) is 12.6 Å². The minimum Gasteiger partial charge on any atom is -0.307 e. The second-order valence-electron chi connectivity index (χ2n) is 3.63. The van der Waals surface area contributed by atoms with Crippen LogP contribution in [0, 0.1) is 5.82 Å². The Balaban J connectivity index is 1.98. The van der Waals surface area contributed by atoms with Crippen LogP contribution >= 0.6 is 0 Å². The van der Waals surface area contributed by atoms with Crippen molar-refractivity contribution in [3.63, 3.8) is 0 Å². The highest BCUT2D eigenvalue weighted by atomic mass is 19.1. The molecule has 2 rings (SSSR count). The maximum Gasteiger partial charge on any atom is 0.123 e. The Morgan fingerprint density at radius 2 is 2.00 bits per heavy atom. The van der Waals surface area contributed by atoms with Crippen LogP contribution in [0.5, 0.6) is 0 Å². The quantitative estimate of drug-likeness (QED) is 0.729. The molecule has 1 unspecified atom stereocenters. The zero-order chi connectivity index (χ0) is 10.5. The van der Waals surface area contributed by atoms with Crippen molar-refractivity contribution in [2.24, 2.45) is 0 Å². The van der Waals surface area contributed by atoms with Crippen LogP contribution in [0.25, 0.3) is 6.08 Å². The SMILES string of the molecule is Fc1ccc(C=CC2CC=CCN2)cc1. The molecule has 15 heavy (non-hydrogen) atoms. The molecule has 0 aromatic heterocycles. The number of rotatable bonds is 2. The zero-order valence-corrected chi connectivity index (χ0v) is 8.49. The summed E-state index contributed by atoms with van der Waals surface area (Å²) < 4.78 is 12.6. The number of benzene rings is 1. The van der Waals surface area contributed by atoms with Crippen molar-refractivity contribution >= 4 is 6.08 Å². The molecule has 1 N–H and O–H groups in total. The number of hydrogen-bond acceptors (Lipinski definition) is 1. The maximum atomic E-state index is 12.6. The van der Waals surface area contributed by atoms with Crippen molar-refractivity contribution in [2.45, 2.75) is 12.5 Å². The fourth-order valence-corrected chi connectivity index (χ4v) is 1.58. The molecular weight excluding hydrogens is 189 g/mol. The van der Waals surface area contributed by atoms with Crippen molar-refractivity contribution < 1.29 is 4.39 Å². The van der Waals surface area contributed by atoms with Gasteiger partial charge in [-0.05, 0) is 24.1 Å². The van der Waals surface area contributed by atoms with Gasteiger partial charge in [-0.1, -0.05) is 36.4 Å². The highest BCUT2D eigenvalue weighted by Gasteiger charge is 2.03. The van der Waals surface area contributed by atoms with Gasteiger partial charge in [-0.3, -0.25) is 0 Å². The van der Waals surface area contributed by atoms with Crippen LogP contribution in [0.2, 0.25) is 0 Å². The van der Waals surface area contributed by atoms with Crippen molar-refractivity contribution in [2.75, 3.05) is 6.54 Å². The van der Waals surface area contributed by atoms with Crippen LogP contribution in [-0.2, 0) is 0 Å². The Morgan fingerprint density at radius 1 is 1.20 bits per heavy atom. The summed E-state index contributed by atoms with van der Waals surface area (Å²) in [6.07, 6.45) is 9.48. The molecule has 78 valence electrons. The minimum absolute atomic E-state index is 0.189. The van der Waals surface area contributed by atoms with Gasteiger partial charge in [0.15, 0.2) is 0 Å². The fourth-order valence-electron chi connectivity index (χ4n) is 1.58. The topological polar surface area (TPSA) is 12.0 Å². The van der Waals surface area contributed by atoms with E-state index in [1.54, 1.807) is 12.1 Å². The zero-order valence-electron chi connectivity index (χ0n) is 8.49. The van der Waals surface area contributed by atoms with E-state index in [1.165, 1.54) is 12.1 Å². The van der Waals surface area contributed by atoms with E-state index in [0.29, 0.717) is 6.04 Å². The average molecular weight is 203 g/mol.